The third kappa shape index (κ3) is 4.67. The third-order valence-electron chi connectivity index (χ3n) is 5.27. The number of halogens is 2. The molecule has 154 valence electrons. The van der Waals surface area contributed by atoms with Crippen LogP contribution in [0.4, 0.5) is 0 Å². The molecule has 1 heterocycles. The number of rotatable bonds is 7. The lowest BCUT2D eigenvalue weighted by atomic mass is 9.89. The first-order chi connectivity index (χ1) is 14.0. The van der Waals surface area contributed by atoms with E-state index in [0.717, 1.165) is 11.1 Å². The van der Waals surface area contributed by atoms with E-state index in [4.69, 9.17) is 27.9 Å². The van der Waals surface area contributed by atoms with Crippen molar-refractivity contribution in [3.63, 3.8) is 0 Å². The molecule has 0 aliphatic carbocycles. The van der Waals surface area contributed by atoms with Crippen molar-refractivity contribution in [2.45, 2.75) is 44.1 Å². The van der Waals surface area contributed by atoms with Crippen molar-refractivity contribution in [1.29, 1.82) is 0 Å². The molecule has 4 nitrogen and oxygen atoms in total. The molecule has 6 heteroatoms. The van der Waals surface area contributed by atoms with E-state index in [0.29, 0.717) is 22.9 Å². The Morgan fingerprint density at radius 3 is 2.48 bits per heavy atom. The predicted molar refractivity (Wildman–Crippen MR) is 116 cm³/mol. The number of aliphatic hydroxyl groups excluding tert-OH is 1. The molecular formula is C23H25Cl2NO3. The van der Waals surface area contributed by atoms with Gasteiger partial charge in [0.1, 0.15) is 12.2 Å². The van der Waals surface area contributed by atoms with Crippen molar-refractivity contribution in [2.24, 2.45) is 0 Å². The van der Waals surface area contributed by atoms with Gasteiger partial charge in [0.2, 0.25) is 0 Å². The van der Waals surface area contributed by atoms with E-state index in [2.05, 4.69) is 6.58 Å². The lowest BCUT2D eigenvalue weighted by Crippen LogP contribution is -2.55. The maximum atomic E-state index is 13.4. The van der Waals surface area contributed by atoms with Gasteiger partial charge in [-0.05, 0) is 41.8 Å². The minimum atomic E-state index is -0.666. The molecule has 1 N–H and O–H groups in total. The summed E-state index contributed by atoms with van der Waals surface area (Å²) in [6.07, 6.45) is 1.58. The molecule has 3 rings (SSSR count). The molecular weight excluding hydrogens is 409 g/mol. The first-order valence-electron chi connectivity index (χ1n) is 9.70. The van der Waals surface area contributed by atoms with Crippen LogP contribution >= 0.6 is 23.2 Å². The molecule has 1 aliphatic heterocycles. The Kier molecular flexibility index (Phi) is 7.36. The minimum Gasteiger partial charge on any atom is -0.394 e. The van der Waals surface area contributed by atoms with Crippen LogP contribution in [0.1, 0.15) is 43.0 Å². The predicted octanol–water partition coefficient (Wildman–Crippen LogP) is 5.35. The number of benzene rings is 2. The van der Waals surface area contributed by atoms with Gasteiger partial charge in [-0.3, -0.25) is 4.79 Å². The highest BCUT2D eigenvalue weighted by atomic mass is 35.5. The number of hydrogen-bond acceptors (Lipinski definition) is 3. The van der Waals surface area contributed by atoms with E-state index in [9.17, 15) is 9.90 Å². The smallest absolute Gasteiger partial charge is 0.253 e. The molecule has 0 spiro atoms. The van der Waals surface area contributed by atoms with Gasteiger partial charge in [0.05, 0.1) is 18.7 Å². The standard InChI is InChI=1S/C23H25Cl2NO3/c1-3-6-20-23(28)26(19(4-2)14-27)21(15-9-11-17(24)12-10-15)22(29-20)16-7-5-8-18(25)13-16/h3,5,7-13,19-22,27H,1,4,6,14H2,2H3/t19?,20-,21-,22-/m1/s1. The zero-order valence-corrected chi connectivity index (χ0v) is 17.8. The summed E-state index contributed by atoms with van der Waals surface area (Å²) in [7, 11) is 0. The van der Waals surface area contributed by atoms with Crippen molar-refractivity contribution >= 4 is 29.1 Å². The number of amides is 1. The van der Waals surface area contributed by atoms with Gasteiger partial charge < -0.3 is 14.7 Å². The van der Waals surface area contributed by atoms with Gasteiger partial charge in [-0.1, -0.05) is 60.5 Å². The second-order valence-electron chi connectivity index (χ2n) is 7.11. The molecule has 1 fully saturated rings. The van der Waals surface area contributed by atoms with Crippen molar-refractivity contribution in [2.75, 3.05) is 6.61 Å². The lowest BCUT2D eigenvalue weighted by molar-refractivity contribution is -0.180. The number of carbonyl (C=O) groups excluding carboxylic acids is 1. The SMILES string of the molecule is C=CC[C@H]1O[C@H](c2cccc(Cl)c2)[C@@H](c2ccc(Cl)cc2)N(C(CC)CO)C1=O. The highest BCUT2D eigenvalue weighted by molar-refractivity contribution is 6.30. The molecule has 2 aromatic carbocycles. The highest BCUT2D eigenvalue weighted by Gasteiger charge is 2.45. The fourth-order valence-electron chi connectivity index (χ4n) is 3.83. The van der Waals surface area contributed by atoms with Gasteiger partial charge in [-0.25, -0.2) is 0 Å². The van der Waals surface area contributed by atoms with Gasteiger partial charge in [0.25, 0.3) is 5.91 Å². The maximum absolute atomic E-state index is 13.4. The summed E-state index contributed by atoms with van der Waals surface area (Å²) in [5, 5.41) is 11.2. The van der Waals surface area contributed by atoms with E-state index in [1.807, 2.05) is 37.3 Å². The van der Waals surface area contributed by atoms with Crippen molar-refractivity contribution in [1.82, 2.24) is 4.90 Å². The van der Waals surface area contributed by atoms with E-state index in [1.54, 1.807) is 29.2 Å². The molecule has 0 saturated carbocycles. The van der Waals surface area contributed by atoms with Crippen molar-refractivity contribution in [3.8, 4) is 0 Å². The highest BCUT2D eigenvalue weighted by Crippen LogP contribution is 2.44. The largest absolute Gasteiger partial charge is 0.394 e. The average molecular weight is 434 g/mol. The van der Waals surface area contributed by atoms with E-state index >= 15 is 0 Å². The normalized spacial score (nSPS) is 23.1. The monoisotopic (exact) mass is 433 g/mol. The first-order valence-corrected chi connectivity index (χ1v) is 10.5. The summed E-state index contributed by atoms with van der Waals surface area (Å²) in [6, 6.07) is 14.1. The van der Waals surface area contributed by atoms with Crippen molar-refractivity contribution < 1.29 is 14.6 Å². The summed E-state index contributed by atoms with van der Waals surface area (Å²) in [5.41, 5.74) is 1.76. The Hall–Kier alpha value is -1.85. The first kappa shape index (κ1) is 21.8. The third-order valence-corrected chi connectivity index (χ3v) is 5.76. The molecule has 29 heavy (non-hydrogen) atoms. The number of nitrogens with zero attached hydrogens (tertiary/aromatic N) is 1. The summed E-state index contributed by atoms with van der Waals surface area (Å²) in [5.74, 6) is -0.149. The summed E-state index contributed by atoms with van der Waals surface area (Å²) in [4.78, 5) is 15.1. The van der Waals surface area contributed by atoms with Crippen LogP contribution in [-0.2, 0) is 9.53 Å². The van der Waals surface area contributed by atoms with Crippen LogP contribution < -0.4 is 0 Å². The maximum Gasteiger partial charge on any atom is 0.253 e. The number of aliphatic hydroxyl groups is 1. The van der Waals surface area contributed by atoms with Crippen LogP contribution in [0, 0.1) is 0 Å². The summed E-state index contributed by atoms with van der Waals surface area (Å²) in [6.45, 7) is 5.59. The molecule has 0 radical (unpaired) electrons. The fourth-order valence-corrected chi connectivity index (χ4v) is 4.15. The second kappa shape index (κ2) is 9.77. The van der Waals surface area contributed by atoms with E-state index < -0.39 is 18.2 Å². The molecule has 2 aromatic rings. The van der Waals surface area contributed by atoms with Gasteiger partial charge in [-0.15, -0.1) is 6.58 Å². The number of morpholine rings is 1. The average Bonchev–Trinajstić information content (AvgIpc) is 2.72. The van der Waals surface area contributed by atoms with E-state index in [1.165, 1.54) is 0 Å². The fraction of sp³-hybridized carbons (Fsp3) is 0.348. The summed E-state index contributed by atoms with van der Waals surface area (Å²) < 4.78 is 6.31. The second-order valence-corrected chi connectivity index (χ2v) is 7.98. The van der Waals surface area contributed by atoms with Gasteiger partial charge in [0.15, 0.2) is 0 Å². The van der Waals surface area contributed by atoms with Crippen LogP contribution in [0.15, 0.2) is 61.2 Å². The quantitative estimate of drug-likeness (QED) is 0.598. The Morgan fingerprint density at radius 1 is 1.17 bits per heavy atom. The number of ether oxygens (including phenoxy) is 1. The van der Waals surface area contributed by atoms with Crippen molar-refractivity contribution in [3.05, 3.63) is 82.4 Å². The molecule has 1 unspecified atom stereocenters. The molecule has 4 atom stereocenters. The molecule has 0 aromatic heterocycles. The van der Waals surface area contributed by atoms with Crippen LogP contribution in [0.5, 0.6) is 0 Å². The topological polar surface area (TPSA) is 49.8 Å². The lowest BCUT2D eigenvalue weighted by Gasteiger charge is -2.47. The Bertz CT molecular complexity index is 851. The Labute approximate surface area is 181 Å². The van der Waals surface area contributed by atoms with Gasteiger partial charge >= 0.3 is 0 Å². The zero-order valence-electron chi connectivity index (χ0n) is 16.3. The van der Waals surface area contributed by atoms with Crippen LogP contribution in [-0.4, -0.2) is 34.7 Å². The van der Waals surface area contributed by atoms with Crippen LogP contribution in [0.25, 0.3) is 0 Å². The number of hydrogen-bond donors (Lipinski definition) is 1. The number of carbonyl (C=O) groups is 1. The molecule has 1 aliphatic rings. The van der Waals surface area contributed by atoms with Gasteiger partial charge in [0, 0.05) is 16.5 Å². The minimum absolute atomic E-state index is 0.130. The summed E-state index contributed by atoms with van der Waals surface area (Å²) >= 11 is 12.3. The van der Waals surface area contributed by atoms with Gasteiger partial charge in [-0.2, -0.15) is 0 Å². The molecule has 0 bridgehead atoms. The Morgan fingerprint density at radius 2 is 1.90 bits per heavy atom. The van der Waals surface area contributed by atoms with Crippen LogP contribution in [0.3, 0.4) is 0 Å². The zero-order chi connectivity index (χ0) is 21.0. The molecule has 1 saturated heterocycles. The molecule has 1 amide bonds. The Balaban J connectivity index is 2.16. The van der Waals surface area contributed by atoms with E-state index in [-0.39, 0.29) is 18.6 Å². The van der Waals surface area contributed by atoms with Crippen LogP contribution in [0.2, 0.25) is 10.0 Å².